The number of hydrogen-bond donors (Lipinski definition) is 1. The van der Waals surface area contributed by atoms with E-state index in [1.807, 2.05) is 6.07 Å². The van der Waals surface area contributed by atoms with Crippen LogP contribution in [0.2, 0.25) is 0 Å². The Labute approximate surface area is 164 Å². The molecule has 0 aliphatic heterocycles. The molecule has 0 radical (unpaired) electrons. The number of esters is 1. The van der Waals surface area contributed by atoms with Crippen LogP contribution in [-0.2, 0) is 16.6 Å². The molecule has 3 heteroatoms. The highest BCUT2D eigenvalue weighted by Crippen LogP contribution is 2.67. The number of carbonyl (C=O) groups excluding carboxylic acids is 1. The molecule has 0 amide bonds. The minimum absolute atomic E-state index is 0.0781. The van der Waals surface area contributed by atoms with E-state index in [0.29, 0.717) is 22.5 Å². The number of hydrogen-bond acceptors (Lipinski definition) is 3. The molecule has 0 saturated heterocycles. The van der Waals surface area contributed by atoms with E-state index < -0.39 is 0 Å². The van der Waals surface area contributed by atoms with Crippen molar-refractivity contribution in [1.29, 1.82) is 0 Å². The molecule has 2 fully saturated rings. The van der Waals surface area contributed by atoms with Gasteiger partial charge in [0, 0.05) is 0 Å². The number of fused-ring (bicyclic) bond motifs is 5. The summed E-state index contributed by atoms with van der Waals surface area (Å²) in [5.74, 6) is 1.78. The van der Waals surface area contributed by atoms with Crippen molar-refractivity contribution in [1.82, 2.24) is 0 Å². The summed E-state index contributed by atoms with van der Waals surface area (Å²) in [5.41, 5.74) is 10.7. The van der Waals surface area contributed by atoms with E-state index in [4.69, 9.17) is 10.5 Å². The number of benzene rings is 1. The SMILES string of the molecule is Cc1cc(OC(=O)CN)cc2c1[C@]1(C)CCC3C(C)(C)CCC[C@]3(C)[C@H]1C2. The van der Waals surface area contributed by atoms with Gasteiger partial charge in [-0.25, -0.2) is 0 Å². The maximum Gasteiger partial charge on any atom is 0.325 e. The molecular weight excluding hydrogens is 334 g/mol. The molecule has 27 heavy (non-hydrogen) atoms. The lowest BCUT2D eigenvalue weighted by Gasteiger charge is -2.61. The Morgan fingerprint density at radius 2 is 1.89 bits per heavy atom. The van der Waals surface area contributed by atoms with Gasteiger partial charge in [0.25, 0.3) is 0 Å². The average Bonchev–Trinajstić information content (AvgIpc) is 2.88. The number of ether oxygens (including phenoxy) is 1. The first-order valence-corrected chi connectivity index (χ1v) is 10.7. The molecule has 3 nitrogen and oxygen atoms in total. The maximum atomic E-state index is 11.7. The summed E-state index contributed by atoms with van der Waals surface area (Å²) in [6.07, 6.45) is 7.78. The fourth-order valence-electron chi connectivity index (χ4n) is 7.66. The van der Waals surface area contributed by atoms with E-state index in [2.05, 4.69) is 40.7 Å². The molecule has 2 saturated carbocycles. The van der Waals surface area contributed by atoms with Crippen LogP contribution in [0.1, 0.15) is 76.5 Å². The Balaban J connectivity index is 1.75. The van der Waals surface area contributed by atoms with Crippen molar-refractivity contribution >= 4 is 5.97 Å². The summed E-state index contributed by atoms with van der Waals surface area (Å²) >= 11 is 0. The third-order valence-electron chi connectivity index (χ3n) is 8.58. The molecular formula is C24H35NO2. The minimum atomic E-state index is -0.364. The Morgan fingerprint density at radius 3 is 2.59 bits per heavy atom. The van der Waals surface area contributed by atoms with Gasteiger partial charge in [0.05, 0.1) is 6.54 Å². The third-order valence-corrected chi connectivity index (χ3v) is 8.58. The number of carbonyl (C=O) groups is 1. The fraction of sp³-hybridized carbons (Fsp3) is 0.708. The van der Waals surface area contributed by atoms with Crippen LogP contribution in [0.15, 0.2) is 12.1 Å². The highest BCUT2D eigenvalue weighted by Gasteiger charge is 2.61. The summed E-state index contributed by atoms with van der Waals surface area (Å²) in [6, 6.07) is 4.16. The second kappa shape index (κ2) is 6.07. The zero-order chi connectivity index (χ0) is 19.6. The van der Waals surface area contributed by atoms with Crippen LogP contribution in [0.3, 0.4) is 0 Å². The quantitative estimate of drug-likeness (QED) is 0.595. The van der Waals surface area contributed by atoms with Crippen molar-refractivity contribution < 1.29 is 9.53 Å². The number of aryl methyl sites for hydroxylation is 1. The first kappa shape index (κ1) is 19.0. The Bertz CT molecular complexity index is 783. The molecule has 1 aromatic carbocycles. The maximum absolute atomic E-state index is 11.7. The van der Waals surface area contributed by atoms with Gasteiger partial charge >= 0.3 is 5.97 Å². The molecule has 1 aromatic rings. The molecule has 4 rings (SSSR count). The number of nitrogens with two attached hydrogens (primary N) is 1. The first-order chi connectivity index (χ1) is 12.6. The summed E-state index contributed by atoms with van der Waals surface area (Å²) < 4.78 is 5.46. The van der Waals surface area contributed by atoms with Gasteiger partial charge in [0.15, 0.2) is 0 Å². The predicted octanol–water partition coefficient (Wildman–Crippen LogP) is 4.92. The molecule has 2 N–H and O–H groups in total. The molecule has 3 aliphatic carbocycles. The molecule has 4 atom stereocenters. The summed E-state index contributed by atoms with van der Waals surface area (Å²) in [5, 5.41) is 0. The van der Waals surface area contributed by atoms with E-state index >= 15 is 0 Å². The highest BCUT2D eigenvalue weighted by atomic mass is 16.5. The van der Waals surface area contributed by atoms with Gasteiger partial charge in [-0.3, -0.25) is 4.79 Å². The molecule has 1 unspecified atom stereocenters. The second-order valence-electron chi connectivity index (χ2n) is 10.6. The first-order valence-electron chi connectivity index (χ1n) is 10.7. The number of rotatable bonds is 2. The Morgan fingerprint density at radius 1 is 1.15 bits per heavy atom. The van der Waals surface area contributed by atoms with E-state index in [0.717, 1.165) is 12.3 Å². The van der Waals surface area contributed by atoms with Gasteiger partial charge in [0.1, 0.15) is 5.75 Å². The lowest BCUT2D eigenvalue weighted by atomic mass is 9.43. The van der Waals surface area contributed by atoms with E-state index in [9.17, 15) is 4.79 Å². The topological polar surface area (TPSA) is 52.3 Å². The van der Waals surface area contributed by atoms with E-state index in [-0.39, 0.29) is 17.9 Å². The van der Waals surface area contributed by atoms with Gasteiger partial charge in [0.2, 0.25) is 0 Å². The highest BCUT2D eigenvalue weighted by molar-refractivity contribution is 5.74. The lowest BCUT2D eigenvalue weighted by molar-refractivity contribution is -0.132. The average molecular weight is 370 g/mol. The Hall–Kier alpha value is -1.35. The third kappa shape index (κ3) is 2.68. The van der Waals surface area contributed by atoms with Gasteiger partial charge in [-0.15, -0.1) is 0 Å². The fourth-order valence-corrected chi connectivity index (χ4v) is 7.66. The van der Waals surface area contributed by atoms with Gasteiger partial charge in [-0.2, -0.15) is 0 Å². The zero-order valence-electron chi connectivity index (χ0n) is 17.7. The van der Waals surface area contributed by atoms with Crippen LogP contribution in [0.25, 0.3) is 0 Å². The molecule has 0 heterocycles. The van der Waals surface area contributed by atoms with Crippen molar-refractivity contribution in [3.05, 3.63) is 28.8 Å². The van der Waals surface area contributed by atoms with Crippen molar-refractivity contribution in [2.24, 2.45) is 28.4 Å². The van der Waals surface area contributed by atoms with Gasteiger partial charge < -0.3 is 10.5 Å². The van der Waals surface area contributed by atoms with Crippen molar-refractivity contribution in [2.45, 2.75) is 78.6 Å². The zero-order valence-corrected chi connectivity index (χ0v) is 17.7. The van der Waals surface area contributed by atoms with Crippen LogP contribution >= 0.6 is 0 Å². The van der Waals surface area contributed by atoms with Crippen molar-refractivity contribution in [3.8, 4) is 5.75 Å². The van der Waals surface area contributed by atoms with Gasteiger partial charge in [-0.1, -0.05) is 34.1 Å². The van der Waals surface area contributed by atoms with Crippen LogP contribution in [0.4, 0.5) is 0 Å². The predicted molar refractivity (Wildman–Crippen MR) is 109 cm³/mol. The van der Waals surface area contributed by atoms with Crippen LogP contribution < -0.4 is 10.5 Å². The van der Waals surface area contributed by atoms with E-state index in [1.165, 1.54) is 48.8 Å². The second-order valence-corrected chi connectivity index (χ2v) is 10.6. The standard InChI is InChI=1S/C24H35NO2/c1-15-11-17(27-20(26)14-25)12-16-13-19-23(4)9-6-8-22(2,3)18(23)7-10-24(19,5)21(15)16/h11-12,18-19H,6-10,13-14,25H2,1-5H3/t18?,19-,23+,24-/m1/s1. The smallest absolute Gasteiger partial charge is 0.325 e. The van der Waals surface area contributed by atoms with E-state index in [1.54, 1.807) is 0 Å². The molecule has 148 valence electrons. The largest absolute Gasteiger partial charge is 0.426 e. The lowest BCUT2D eigenvalue weighted by Crippen LogP contribution is -2.55. The molecule has 0 spiro atoms. The summed E-state index contributed by atoms with van der Waals surface area (Å²) in [4.78, 5) is 11.7. The van der Waals surface area contributed by atoms with Gasteiger partial charge in [-0.05, 0) is 95.9 Å². The van der Waals surface area contributed by atoms with Crippen molar-refractivity contribution in [2.75, 3.05) is 6.54 Å². The summed E-state index contributed by atoms with van der Waals surface area (Å²) in [6.45, 7) is 12.2. The normalized spacial score (nSPS) is 36.5. The summed E-state index contributed by atoms with van der Waals surface area (Å²) in [7, 11) is 0. The molecule has 0 aromatic heterocycles. The van der Waals surface area contributed by atoms with Crippen LogP contribution in [-0.4, -0.2) is 12.5 Å². The molecule has 3 aliphatic rings. The molecule has 0 bridgehead atoms. The van der Waals surface area contributed by atoms with Crippen LogP contribution in [0.5, 0.6) is 5.75 Å². The van der Waals surface area contributed by atoms with Crippen LogP contribution in [0, 0.1) is 29.6 Å². The van der Waals surface area contributed by atoms with Crippen molar-refractivity contribution in [3.63, 3.8) is 0 Å². The minimum Gasteiger partial charge on any atom is -0.426 e. The monoisotopic (exact) mass is 369 g/mol. The Kier molecular flexibility index (Phi) is 4.27.